The quantitative estimate of drug-likeness (QED) is 0.669. The lowest BCUT2D eigenvalue weighted by atomic mass is 10.1. The van der Waals surface area contributed by atoms with E-state index in [0.717, 1.165) is 24.1 Å². The molecule has 0 heterocycles. The summed E-state index contributed by atoms with van der Waals surface area (Å²) in [7, 11) is 0. The van der Waals surface area contributed by atoms with E-state index in [2.05, 4.69) is 0 Å². The van der Waals surface area contributed by atoms with E-state index < -0.39 is 10.9 Å². The Kier molecular flexibility index (Phi) is 4.18. The molecule has 0 radical (unpaired) electrons. The lowest BCUT2D eigenvalue weighted by Crippen LogP contribution is -2.01. The summed E-state index contributed by atoms with van der Waals surface area (Å²) in [5.41, 5.74) is 0.680. The molecule has 21 heavy (non-hydrogen) atoms. The van der Waals surface area contributed by atoms with Crippen molar-refractivity contribution in [1.29, 1.82) is 0 Å². The number of rotatable bonds is 5. The van der Waals surface area contributed by atoms with Gasteiger partial charge in [-0.15, -0.1) is 0 Å². The Morgan fingerprint density at radius 3 is 2.67 bits per heavy atom. The third kappa shape index (κ3) is 3.36. The minimum atomic E-state index is -1.20. The number of nitro groups is 1. The third-order valence-corrected chi connectivity index (χ3v) is 2.94. The molecule has 0 saturated carbocycles. The van der Waals surface area contributed by atoms with Gasteiger partial charge in [0.2, 0.25) is 0 Å². The highest BCUT2D eigenvalue weighted by Crippen LogP contribution is 2.30. The molecule has 6 heteroatoms. The number of carbonyl (C=O) groups is 1. The van der Waals surface area contributed by atoms with Crippen LogP contribution < -0.4 is 4.74 Å². The molecular formula is C15H13NO5. The van der Waals surface area contributed by atoms with Crippen LogP contribution in [0.1, 0.15) is 22.8 Å². The number of hydrogen-bond acceptors (Lipinski definition) is 4. The van der Waals surface area contributed by atoms with Crippen molar-refractivity contribution in [1.82, 2.24) is 0 Å². The van der Waals surface area contributed by atoms with E-state index in [0.29, 0.717) is 5.75 Å². The second-order valence-electron chi connectivity index (χ2n) is 4.35. The highest BCUT2D eigenvalue weighted by molar-refractivity contribution is 5.91. The van der Waals surface area contributed by atoms with Gasteiger partial charge in [-0.1, -0.05) is 19.1 Å². The molecule has 1 N–H and O–H groups in total. The van der Waals surface area contributed by atoms with E-state index in [1.807, 2.05) is 13.0 Å². The van der Waals surface area contributed by atoms with Crippen LogP contribution in [0.2, 0.25) is 0 Å². The minimum absolute atomic E-state index is 0.0510. The second kappa shape index (κ2) is 6.04. The van der Waals surface area contributed by atoms with Gasteiger partial charge in [0.25, 0.3) is 5.69 Å². The highest BCUT2D eigenvalue weighted by atomic mass is 16.6. The van der Waals surface area contributed by atoms with Crippen LogP contribution >= 0.6 is 0 Å². The molecule has 0 fully saturated rings. The van der Waals surface area contributed by atoms with Crippen LogP contribution in [0, 0.1) is 10.1 Å². The fourth-order valence-corrected chi connectivity index (χ4v) is 1.84. The minimum Gasteiger partial charge on any atom is -0.478 e. The summed E-state index contributed by atoms with van der Waals surface area (Å²) in [4.78, 5) is 21.4. The first kappa shape index (κ1) is 14.5. The molecular weight excluding hydrogens is 274 g/mol. The van der Waals surface area contributed by atoms with Crippen LogP contribution in [0.5, 0.6) is 11.5 Å². The maximum atomic E-state index is 11.2. The maximum absolute atomic E-state index is 11.2. The van der Waals surface area contributed by atoms with E-state index >= 15 is 0 Å². The van der Waals surface area contributed by atoms with Gasteiger partial charge in [0.05, 0.1) is 11.0 Å². The van der Waals surface area contributed by atoms with Crippen molar-refractivity contribution in [2.75, 3.05) is 0 Å². The van der Waals surface area contributed by atoms with Crippen LogP contribution in [0.15, 0.2) is 42.5 Å². The van der Waals surface area contributed by atoms with Crippen molar-refractivity contribution in [2.24, 2.45) is 0 Å². The maximum Gasteiger partial charge on any atom is 0.339 e. The largest absolute Gasteiger partial charge is 0.478 e. The molecule has 0 spiro atoms. The molecule has 0 saturated heterocycles. The molecule has 2 rings (SSSR count). The molecule has 2 aromatic carbocycles. The normalized spacial score (nSPS) is 10.1. The van der Waals surface area contributed by atoms with Crippen LogP contribution in [0.25, 0.3) is 0 Å². The number of nitro benzene ring substituents is 1. The lowest BCUT2D eigenvalue weighted by molar-refractivity contribution is -0.384. The number of nitrogens with zero attached hydrogens (tertiary/aromatic N) is 1. The first-order valence-electron chi connectivity index (χ1n) is 6.29. The molecule has 0 aliphatic carbocycles. The summed E-state index contributed by atoms with van der Waals surface area (Å²) in [5, 5.41) is 19.9. The topological polar surface area (TPSA) is 89.7 Å². The monoisotopic (exact) mass is 287 g/mol. The lowest BCUT2D eigenvalue weighted by Gasteiger charge is -2.09. The Balaban J connectivity index is 2.42. The van der Waals surface area contributed by atoms with Gasteiger partial charge < -0.3 is 9.84 Å². The summed E-state index contributed by atoms with van der Waals surface area (Å²) in [6.07, 6.45) is 0.803. The second-order valence-corrected chi connectivity index (χ2v) is 4.35. The Hall–Kier alpha value is -2.89. The smallest absolute Gasteiger partial charge is 0.339 e. The Morgan fingerprint density at radius 1 is 1.29 bits per heavy atom. The molecule has 0 bridgehead atoms. The van der Waals surface area contributed by atoms with Gasteiger partial charge in [-0.3, -0.25) is 10.1 Å². The third-order valence-electron chi connectivity index (χ3n) is 2.94. The summed E-state index contributed by atoms with van der Waals surface area (Å²) in [6, 6.07) is 10.6. The van der Waals surface area contributed by atoms with Crippen LogP contribution in [0.4, 0.5) is 5.69 Å². The zero-order chi connectivity index (χ0) is 15.4. The zero-order valence-electron chi connectivity index (χ0n) is 11.3. The Labute approximate surface area is 120 Å². The van der Waals surface area contributed by atoms with Gasteiger partial charge in [-0.2, -0.15) is 0 Å². The van der Waals surface area contributed by atoms with Crippen molar-refractivity contribution >= 4 is 11.7 Å². The number of carboxylic acid groups (broad SMARTS) is 1. The van der Waals surface area contributed by atoms with Gasteiger partial charge in [-0.05, 0) is 30.2 Å². The standard InChI is InChI=1S/C15H13NO5/c1-2-10-4-3-5-12(8-10)21-14-9-11(16(19)20)6-7-13(14)15(17)18/h3-9H,2H2,1H3,(H,17,18). The average Bonchev–Trinajstić information content (AvgIpc) is 2.47. The molecule has 2 aromatic rings. The molecule has 6 nitrogen and oxygen atoms in total. The number of carboxylic acids is 1. The number of ether oxygens (including phenoxy) is 1. The van der Waals surface area contributed by atoms with Gasteiger partial charge >= 0.3 is 5.97 Å². The van der Waals surface area contributed by atoms with E-state index in [-0.39, 0.29) is 17.0 Å². The molecule has 0 aliphatic rings. The fourth-order valence-electron chi connectivity index (χ4n) is 1.84. The van der Waals surface area contributed by atoms with Gasteiger partial charge in [0.1, 0.15) is 17.1 Å². The summed E-state index contributed by atoms with van der Waals surface area (Å²) in [5.74, 6) is -0.811. The number of non-ortho nitro benzene ring substituents is 1. The van der Waals surface area contributed by atoms with Gasteiger partial charge in [-0.25, -0.2) is 4.79 Å². The van der Waals surface area contributed by atoms with E-state index in [9.17, 15) is 14.9 Å². The SMILES string of the molecule is CCc1cccc(Oc2cc([N+](=O)[O-])ccc2C(=O)O)c1. The van der Waals surface area contributed by atoms with Gasteiger partial charge in [0.15, 0.2) is 0 Å². The van der Waals surface area contributed by atoms with Crippen LogP contribution in [-0.2, 0) is 6.42 Å². The number of benzene rings is 2. The molecule has 108 valence electrons. The van der Waals surface area contributed by atoms with Crippen LogP contribution in [-0.4, -0.2) is 16.0 Å². The van der Waals surface area contributed by atoms with Crippen molar-refractivity contribution in [2.45, 2.75) is 13.3 Å². The Bertz CT molecular complexity index is 696. The summed E-state index contributed by atoms with van der Waals surface area (Å²) in [6.45, 7) is 1.98. The van der Waals surface area contributed by atoms with Gasteiger partial charge in [0, 0.05) is 6.07 Å². The molecule has 0 aliphatic heterocycles. The average molecular weight is 287 g/mol. The number of aromatic carboxylic acids is 1. The predicted octanol–water partition coefficient (Wildman–Crippen LogP) is 3.65. The highest BCUT2D eigenvalue weighted by Gasteiger charge is 2.17. The Morgan fingerprint density at radius 2 is 2.05 bits per heavy atom. The molecule has 0 unspecified atom stereocenters. The van der Waals surface area contributed by atoms with E-state index in [4.69, 9.17) is 9.84 Å². The van der Waals surface area contributed by atoms with Crippen molar-refractivity contribution < 1.29 is 19.6 Å². The van der Waals surface area contributed by atoms with E-state index in [1.165, 1.54) is 6.07 Å². The van der Waals surface area contributed by atoms with Crippen molar-refractivity contribution in [3.8, 4) is 11.5 Å². The fraction of sp³-hybridized carbons (Fsp3) is 0.133. The van der Waals surface area contributed by atoms with Crippen LogP contribution in [0.3, 0.4) is 0 Å². The summed E-state index contributed by atoms with van der Waals surface area (Å²) < 4.78 is 5.52. The first-order chi connectivity index (χ1) is 10.0. The van der Waals surface area contributed by atoms with Crippen molar-refractivity contribution in [3.05, 3.63) is 63.7 Å². The zero-order valence-corrected chi connectivity index (χ0v) is 11.3. The molecule has 0 aromatic heterocycles. The number of aryl methyl sites for hydroxylation is 1. The molecule has 0 atom stereocenters. The predicted molar refractivity (Wildman–Crippen MR) is 75.9 cm³/mol. The number of hydrogen-bond donors (Lipinski definition) is 1. The molecule has 0 amide bonds. The summed E-state index contributed by atoms with van der Waals surface area (Å²) >= 11 is 0. The van der Waals surface area contributed by atoms with Crippen molar-refractivity contribution in [3.63, 3.8) is 0 Å². The first-order valence-corrected chi connectivity index (χ1v) is 6.29. The van der Waals surface area contributed by atoms with E-state index in [1.54, 1.807) is 18.2 Å².